The lowest BCUT2D eigenvalue weighted by atomic mass is 9.84. The van der Waals surface area contributed by atoms with Crippen molar-refractivity contribution in [3.05, 3.63) is 142 Å². The summed E-state index contributed by atoms with van der Waals surface area (Å²) in [5.74, 6) is -0.675. The predicted octanol–water partition coefficient (Wildman–Crippen LogP) is 13.9. The molecule has 0 radical (unpaired) electrons. The topological polar surface area (TPSA) is 18.1 Å². The van der Waals surface area contributed by atoms with Crippen LogP contribution in [0.3, 0.4) is 0 Å². The van der Waals surface area contributed by atoms with Gasteiger partial charge in [0.25, 0.3) is 0 Å². The summed E-state index contributed by atoms with van der Waals surface area (Å²) in [4.78, 5) is 0. The Hall–Kier alpha value is -2.24. The lowest BCUT2D eigenvalue weighted by Gasteiger charge is -2.25. The second-order valence-electron chi connectivity index (χ2n) is 9.96. The third-order valence-corrected chi connectivity index (χ3v) is 9.72. The Kier molecular flexibility index (Phi) is 7.73. The quantitative estimate of drug-likeness (QED) is 0.165. The molecule has 0 saturated carbocycles. The number of rotatable bonds is 4. The highest BCUT2D eigenvalue weighted by Gasteiger charge is 2.30. The molecule has 0 atom stereocenters. The molecule has 0 unspecified atom stereocenters. The van der Waals surface area contributed by atoms with E-state index in [1.165, 1.54) is 0 Å². The molecule has 7 rings (SSSR count). The number of fused-ring (bicyclic) bond motifs is 5. The monoisotopic (exact) mass is 721 g/mol. The van der Waals surface area contributed by atoms with Crippen LogP contribution in [0.25, 0.3) is 38.7 Å². The third kappa shape index (κ3) is 4.88. The Morgan fingerprint density at radius 1 is 0.535 bits per heavy atom. The minimum atomic E-state index is -0.675. The number of hydrogen-bond acceptors (Lipinski definition) is 1. The molecule has 0 saturated heterocycles. The molecule has 7 aromatic rings. The molecule has 0 spiro atoms. The molecule has 0 bridgehead atoms. The molecule has 5 aromatic carbocycles. The van der Waals surface area contributed by atoms with Gasteiger partial charge >= 0.3 is 0 Å². The lowest BCUT2D eigenvalue weighted by molar-refractivity contribution is 0.645. The van der Waals surface area contributed by atoms with Crippen molar-refractivity contribution >= 4 is 126 Å². The standard InChI is InChI=1S/C33H15Cl8NO/c34-16-11-20(36)30(21(37)12-16)28(31-22(38)13-17(35)14-23(31)39)15-9-24(40)32(25(41)10-15)42-26-7-3-1-5-18(26)29-19-6-2-4-8-27(19)43-33(29)42/h1-14,28H. The van der Waals surface area contributed by atoms with Gasteiger partial charge in [-0.05, 0) is 54.1 Å². The second kappa shape index (κ2) is 11.3. The van der Waals surface area contributed by atoms with Gasteiger partial charge in [-0.2, -0.15) is 0 Å². The van der Waals surface area contributed by atoms with E-state index < -0.39 is 5.92 Å². The predicted molar refractivity (Wildman–Crippen MR) is 184 cm³/mol. The maximum absolute atomic E-state index is 7.13. The minimum Gasteiger partial charge on any atom is -0.439 e. The van der Waals surface area contributed by atoms with Gasteiger partial charge in [0.2, 0.25) is 5.71 Å². The van der Waals surface area contributed by atoms with Gasteiger partial charge in [-0.25, -0.2) is 0 Å². The van der Waals surface area contributed by atoms with Crippen molar-refractivity contribution in [2.24, 2.45) is 0 Å². The van der Waals surface area contributed by atoms with E-state index in [0.717, 1.165) is 27.3 Å². The van der Waals surface area contributed by atoms with Crippen LogP contribution in [0.2, 0.25) is 40.2 Å². The number of halogens is 8. The fourth-order valence-corrected chi connectivity index (χ4v) is 8.51. The van der Waals surface area contributed by atoms with E-state index in [0.29, 0.717) is 68.3 Å². The van der Waals surface area contributed by atoms with Gasteiger partial charge < -0.3 is 4.42 Å². The summed E-state index contributed by atoms with van der Waals surface area (Å²) in [7, 11) is 0. The van der Waals surface area contributed by atoms with E-state index in [1.807, 2.05) is 47.0 Å². The molecule has 0 amide bonds. The van der Waals surface area contributed by atoms with E-state index in [9.17, 15) is 0 Å². The Labute approximate surface area is 286 Å². The summed E-state index contributed by atoms with van der Waals surface area (Å²) >= 11 is 53.8. The molecule has 0 aliphatic heterocycles. The van der Waals surface area contributed by atoms with Crippen molar-refractivity contribution in [1.29, 1.82) is 0 Å². The van der Waals surface area contributed by atoms with Gasteiger partial charge in [-0.15, -0.1) is 0 Å². The summed E-state index contributed by atoms with van der Waals surface area (Å²) in [5.41, 5.74) is 4.54. The van der Waals surface area contributed by atoms with E-state index in [-0.39, 0.29) is 0 Å². The smallest absolute Gasteiger partial charge is 0.213 e. The van der Waals surface area contributed by atoms with Crippen molar-refractivity contribution in [1.82, 2.24) is 4.57 Å². The first-order valence-corrected chi connectivity index (χ1v) is 15.8. The molecule has 10 heteroatoms. The largest absolute Gasteiger partial charge is 0.439 e. The fraction of sp³-hybridized carbons (Fsp3) is 0.0303. The van der Waals surface area contributed by atoms with Crippen LogP contribution in [0.4, 0.5) is 0 Å². The number of furan rings is 1. The van der Waals surface area contributed by atoms with Crippen LogP contribution in [0, 0.1) is 0 Å². The number of benzene rings is 5. The maximum Gasteiger partial charge on any atom is 0.213 e. The molecule has 0 N–H and O–H groups in total. The Morgan fingerprint density at radius 2 is 1.02 bits per heavy atom. The van der Waals surface area contributed by atoms with Gasteiger partial charge in [0, 0.05) is 58.0 Å². The molecular weight excluding hydrogens is 710 g/mol. The van der Waals surface area contributed by atoms with Crippen molar-refractivity contribution in [3.8, 4) is 5.69 Å². The van der Waals surface area contributed by atoms with Gasteiger partial charge in [0.05, 0.1) is 26.6 Å². The fourth-order valence-electron chi connectivity index (χ4n) is 5.76. The molecule has 214 valence electrons. The number of nitrogens with zero attached hydrogens (tertiary/aromatic N) is 1. The Balaban J connectivity index is 1.52. The minimum absolute atomic E-state index is 0.321. The van der Waals surface area contributed by atoms with Crippen molar-refractivity contribution < 1.29 is 4.42 Å². The summed E-state index contributed by atoms with van der Waals surface area (Å²) in [6.45, 7) is 0. The van der Waals surface area contributed by atoms with E-state index >= 15 is 0 Å². The number of para-hydroxylation sites is 2. The van der Waals surface area contributed by atoms with Crippen LogP contribution in [0.1, 0.15) is 22.6 Å². The normalized spacial score (nSPS) is 11.9. The van der Waals surface area contributed by atoms with Crippen LogP contribution >= 0.6 is 92.8 Å². The first-order valence-electron chi connectivity index (χ1n) is 12.8. The molecule has 2 nitrogen and oxygen atoms in total. The van der Waals surface area contributed by atoms with Crippen LogP contribution in [0.5, 0.6) is 0 Å². The zero-order chi connectivity index (χ0) is 30.2. The SMILES string of the molecule is Clc1cc(Cl)c(C(c2cc(Cl)c(-n3c4ccccc4c4c5ccccc5oc43)c(Cl)c2)c2c(Cl)cc(Cl)cc2Cl)c(Cl)c1. The average molecular weight is 725 g/mol. The molecule has 0 aliphatic carbocycles. The summed E-state index contributed by atoms with van der Waals surface area (Å²) in [6.07, 6.45) is 0. The van der Waals surface area contributed by atoms with Crippen LogP contribution in [0.15, 0.2) is 89.3 Å². The zero-order valence-electron chi connectivity index (χ0n) is 21.5. The zero-order valence-corrected chi connectivity index (χ0v) is 27.6. The Morgan fingerprint density at radius 3 is 1.58 bits per heavy atom. The highest BCUT2D eigenvalue weighted by atomic mass is 35.5. The number of hydrogen-bond donors (Lipinski definition) is 0. The molecular formula is C33H15Cl8NO. The van der Waals surface area contributed by atoms with Gasteiger partial charge in [0.1, 0.15) is 5.58 Å². The molecule has 2 heterocycles. The Bertz CT molecular complexity index is 2120. The summed E-state index contributed by atoms with van der Waals surface area (Å²) in [6, 6.07) is 25.9. The highest BCUT2D eigenvalue weighted by molar-refractivity contribution is 6.41. The first kappa shape index (κ1) is 29.5. The van der Waals surface area contributed by atoms with Crippen LogP contribution in [-0.2, 0) is 0 Å². The lowest BCUT2D eigenvalue weighted by Crippen LogP contribution is -2.08. The molecule has 43 heavy (non-hydrogen) atoms. The third-order valence-electron chi connectivity index (χ3n) is 7.46. The van der Waals surface area contributed by atoms with Crippen LogP contribution in [-0.4, -0.2) is 4.57 Å². The average Bonchev–Trinajstić information content (AvgIpc) is 3.46. The number of aromatic nitrogens is 1. The van der Waals surface area contributed by atoms with Gasteiger partial charge in [-0.3, -0.25) is 4.57 Å². The van der Waals surface area contributed by atoms with Crippen molar-refractivity contribution in [3.63, 3.8) is 0 Å². The highest BCUT2D eigenvalue weighted by Crippen LogP contribution is 2.49. The van der Waals surface area contributed by atoms with Gasteiger partial charge in [-0.1, -0.05) is 129 Å². The van der Waals surface area contributed by atoms with Gasteiger partial charge in [0.15, 0.2) is 0 Å². The van der Waals surface area contributed by atoms with E-state index in [1.54, 1.807) is 36.4 Å². The summed E-state index contributed by atoms with van der Waals surface area (Å²) < 4.78 is 8.33. The second-order valence-corrected chi connectivity index (χ2v) is 13.3. The van der Waals surface area contributed by atoms with E-state index in [2.05, 4.69) is 6.07 Å². The maximum atomic E-state index is 7.13. The molecule has 2 aromatic heterocycles. The first-order chi connectivity index (χ1) is 20.6. The van der Waals surface area contributed by atoms with Crippen LogP contribution < -0.4 is 0 Å². The molecule has 0 aliphatic rings. The van der Waals surface area contributed by atoms with Crippen molar-refractivity contribution in [2.75, 3.05) is 0 Å². The van der Waals surface area contributed by atoms with E-state index in [4.69, 9.17) is 97.2 Å². The molecule has 0 fully saturated rings. The summed E-state index contributed by atoms with van der Waals surface area (Å²) in [5, 5.41) is 5.74. The van der Waals surface area contributed by atoms with Crippen molar-refractivity contribution in [2.45, 2.75) is 5.92 Å².